The third-order valence-corrected chi connectivity index (χ3v) is 11.7. The molecule has 3 N–H and O–H groups in total. The average Bonchev–Trinajstić information content (AvgIpc) is 3.44. The minimum Gasteiger partial charge on any atom is -0.393 e. The number of halogens is 6. The lowest BCUT2D eigenvalue weighted by Crippen LogP contribution is -2.41. The highest BCUT2D eigenvalue weighted by atomic mass is 19.4. The van der Waals surface area contributed by atoms with Crippen molar-refractivity contribution in [1.82, 2.24) is 4.90 Å². The van der Waals surface area contributed by atoms with Gasteiger partial charge in [0.1, 0.15) is 5.60 Å². The number of likely N-dealkylation sites (tertiary alicyclic amines) is 1. The molecular weight excluding hydrogens is 636 g/mol. The maximum atomic E-state index is 13.4. The fraction of sp³-hybridized carbons (Fsp3) is 0.649. The second kappa shape index (κ2) is 13.2. The van der Waals surface area contributed by atoms with E-state index in [0.29, 0.717) is 42.4 Å². The lowest BCUT2D eigenvalue weighted by atomic mass is 9.60. The van der Waals surface area contributed by atoms with Gasteiger partial charge < -0.3 is 20.2 Å². The molecule has 266 valence electrons. The van der Waals surface area contributed by atoms with Crippen LogP contribution < -0.4 is 0 Å². The first-order valence-electron chi connectivity index (χ1n) is 17.0. The summed E-state index contributed by atoms with van der Waals surface area (Å²) in [5.41, 5.74) is -1.78. The van der Waals surface area contributed by atoms with Crippen molar-refractivity contribution >= 4 is 5.91 Å². The topological polar surface area (TPSA) is 81.0 Å². The van der Waals surface area contributed by atoms with Gasteiger partial charge in [-0.2, -0.15) is 26.3 Å². The number of carbonyl (C=O) groups excluding carboxylic acids is 1. The largest absolute Gasteiger partial charge is 0.416 e. The fourth-order valence-corrected chi connectivity index (χ4v) is 9.31. The van der Waals surface area contributed by atoms with Gasteiger partial charge in [-0.05, 0) is 116 Å². The molecule has 1 saturated heterocycles. The smallest absolute Gasteiger partial charge is 0.393 e. The standard InChI is InChI=1S/C37H47F6NO4/c1-21(30-9-10-31-24(6-5-12-34(30,31)3)7-8-25-17-29(45)19-32(46)22(25)2)14-28-20-35(4,48)33(47)44(28)13-11-23-15-26(36(38,39)40)18-27(16-23)37(41,42)43/h7-8,15-16,18,21,28-32,45-46,48H,2,5-6,9-14,17,19-20H2,1,3-4H3/b24-7+,25-8-/t21-,28-,29-,30-,31+,32+,34-,35-/m1/s1. The van der Waals surface area contributed by atoms with Gasteiger partial charge in [-0.15, -0.1) is 0 Å². The lowest BCUT2D eigenvalue weighted by Gasteiger charge is -2.45. The summed E-state index contributed by atoms with van der Waals surface area (Å²) in [5.74, 6) is 0.234. The van der Waals surface area contributed by atoms with E-state index in [1.165, 1.54) is 17.4 Å². The van der Waals surface area contributed by atoms with Gasteiger partial charge in [-0.25, -0.2) is 0 Å². The van der Waals surface area contributed by atoms with Crippen molar-refractivity contribution in [2.75, 3.05) is 6.54 Å². The van der Waals surface area contributed by atoms with Crippen LogP contribution in [0.1, 0.15) is 95.2 Å². The van der Waals surface area contributed by atoms with Crippen LogP contribution in [0.4, 0.5) is 26.3 Å². The van der Waals surface area contributed by atoms with Crippen LogP contribution in [0.25, 0.3) is 0 Å². The van der Waals surface area contributed by atoms with Crippen molar-refractivity contribution in [3.63, 3.8) is 0 Å². The van der Waals surface area contributed by atoms with Gasteiger partial charge in [0.25, 0.3) is 5.91 Å². The van der Waals surface area contributed by atoms with Gasteiger partial charge in [0.15, 0.2) is 0 Å². The average molecular weight is 684 g/mol. The lowest BCUT2D eigenvalue weighted by molar-refractivity contribution is -0.144. The second-order valence-electron chi connectivity index (χ2n) is 15.2. The molecule has 0 spiro atoms. The zero-order chi connectivity index (χ0) is 35.4. The number of alkyl halides is 6. The number of rotatable bonds is 7. The molecule has 48 heavy (non-hydrogen) atoms. The third-order valence-electron chi connectivity index (χ3n) is 11.7. The molecule has 4 aliphatic rings. The molecule has 1 amide bonds. The maximum Gasteiger partial charge on any atom is 0.416 e. The van der Waals surface area contributed by atoms with Crippen molar-refractivity contribution in [1.29, 1.82) is 0 Å². The monoisotopic (exact) mass is 683 g/mol. The summed E-state index contributed by atoms with van der Waals surface area (Å²) < 4.78 is 80.7. The molecule has 1 aliphatic heterocycles. The number of hydrogen-bond acceptors (Lipinski definition) is 4. The van der Waals surface area contributed by atoms with Gasteiger partial charge in [0.05, 0.1) is 23.3 Å². The van der Waals surface area contributed by atoms with Crippen LogP contribution in [0, 0.1) is 23.2 Å². The Labute approximate surface area is 278 Å². The summed E-state index contributed by atoms with van der Waals surface area (Å²) in [5, 5.41) is 31.4. The summed E-state index contributed by atoms with van der Waals surface area (Å²) in [6, 6.07) is 1.09. The number of nitrogens with zero attached hydrogens (tertiary/aromatic N) is 1. The predicted molar refractivity (Wildman–Crippen MR) is 169 cm³/mol. The Morgan fingerprint density at radius 3 is 2.31 bits per heavy atom. The number of carbonyl (C=O) groups is 1. The fourth-order valence-electron chi connectivity index (χ4n) is 9.31. The van der Waals surface area contributed by atoms with Gasteiger partial charge in [-0.1, -0.05) is 38.2 Å². The molecule has 8 atom stereocenters. The van der Waals surface area contributed by atoms with E-state index in [-0.39, 0.29) is 48.8 Å². The minimum absolute atomic E-state index is 0.00734. The Balaban J connectivity index is 1.31. The van der Waals surface area contributed by atoms with E-state index < -0.39 is 53.2 Å². The predicted octanol–water partition coefficient (Wildman–Crippen LogP) is 7.79. The van der Waals surface area contributed by atoms with Crippen LogP contribution in [0.5, 0.6) is 0 Å². The Morgan fingerprint density at radius 1 is 1.04 bits per heavy atom. The highest BCUT2D eigenvalue weighted by molar-refractivity contribution is 5.87. The SMILES string of the molecule is C=C1/C(=C\C=C2/CCC[C@]3(C)[C@@H]([C@H](C)C[C@@H]4C[C@@](C)(O)C(=O)N4CCc4cc(C(F)(F)F)cc(C(F)(F)F)c4)CC[C@@H]23)C[C@@H](O)C[C@@H]1O. The molecule has 5 rings (SSSR count). The molecule has 11 heteroatoms. The van der Waals surface area contributed by atoms with E-state index in [4.69, 9.17) is 0 Å². The number of benzene rings is 1. The summed E-state index contributed by atoms with van der Waals surface area (Å²) in [4.78, 5) is 14.7. The first-order valence-corrected chi connectivity index (χ1v) is 17.0. The molecule has 0 bridgehead atoms. The zero-order valence-corrected chi connectivity index (χ0v) is 27.8. The molecular formula is C37H47F6NO4. The van der Waals surface area contributed by atoms with Crippen molar-refractivity contribution in [3.05, 3.63) is 70.3 Å². The Morgan fingerprint density at radius 2 is 1.69 bits per heavy atom. The summed E-state index contributed by atoms with van der Waals surface area (Å²) >= 11 is 0. The van der Waals surface area contributed by atoms with Crippen molar-refractivity contribution in [3.8, 4) is 0 Å². The van der Waals surface area contributed by atoms with E-state index in [2.05, 4.69) is 26.5 Å². The molecule has 3 saturated carbocycles. The summed E-state index contributed by atoms with van der Waals surface area (Å²) in [7, 11) is 0. The highest BCUT2D eigenvalue weighted by Gasteiger charge is 2.53. The minimum atomic E-state index is -4.96. The van der Waals surface area contributed by atoms with Crippen LogP contribution in [0.2, 0.25) is 0 Å². The third kappa shape index (κ3) is 7.43. The quantitative estimate of drug-likeness (QED) is 0.257. The molecule has 5 nitrogen and oxygen atoms in total. The Hall–Kier alpha value is -2.63. The van der Waals surface area contributed by atoms with Crippen LogP contribution in [0.3, 0.4) is 0 Å². The molecule has 1 heterocycles. The molecule has 3 aliphatic carbocycles. The number of hydrogen-bond donors (Lipinski definition) is 3. The van der Waals surface area contributed by atoms with Crippen LogP contribution in [-0.2, 0) is 23.6 Å². The van der Waals surface area contributed by atoms with Gasteiger partial charge >= 0.3 is 12.4 Å². The van der Waals surface area contributed by atoms with E-state index in [0.717, 1.165) is 37.7 Å². The number of fused-ring (bicyclic) bond motifs is 1. The number of aliphatic hydroxyl groups excluding tert-OH is 2. The van der Waals surface area contributed by atoms with E-state index in [9.17, 15) is 46.5 Å². The van der Waals surface area contributed by atoms with Gasteiger partial charge in [0, 0.05) is 25.4 Å². The summed E-state index contributed by atoms with van der Waals surface area (Å²) in [6.45, 7) is 9.79. The van der Waals surface area contributed by atoms with Crippen LogP contribution in [-0.4, -0.2) is 56.5 Å². The first kappa shape index (κ1) is 36.6. The van der Waals surface area contributed by atoms with Crippen molar-refractivity contribution in [2.24, 2.45) is 23.2 Å². The zero-order valence-electron chi connectivity index (χ0n) is 27.8. The Bertz CT molecular complexity index is 1430. The highest BCUT2D eigenvalue weighted by Crippen LogP contribution is 2.60. The number of amides is 1. The van der Waals surface area contributed by atoms with Crippen molar-refractivity contribution in [2.45, 2.75) is 121 Å². The summed E-state index contributed by atoms with van der Waals surface area (Å²) in [6.07, 6.45) is -0.932. The van der Waals surface area contributed by atoms with E-state index in [1.807, 2.05) is 6.08 Å². The Kier molecular flexibility index (Phi) is 10.1. The van der Waals surface area contributed by atoms with Gasteiger partial charge in [0.2, 0.25) is 0 Å². The van der Waals surface area contributed by atoms with Crippen LogP contribution in [0.15, 0.2) is 53.6 Å². The van der Waals surface area contributed by atoms with E-state index >= 15 is 0 Å². The number of allylic oxidation sites excluding steroid dienone is 3. The first-order chi connectivity index (χ1) is 22.2. The molecule has 0 aromatic heterocycles. The number of aliphatic hydroxyl groups is 3. The molecule has 1 aromatic rings. The molecule has 0 unspecified atom stereocenters. The van der Waals surface area contributed by atoms with Crippen molar-refractivity contribution < 1.29 is 46.5 Å². The maximum absolute atomic E-state index is 13.4. The van der Waals surface area contributed by atoms with Gasteiger partial charge in [-0.3, -0.25) is 4.79 Å². The molecule has 4 fully saturated rings. The molecule has 0 radical (unpaired) electrons. The second-order valence-corrected chi connectivity index (χ2v) is 15.2. The molecule has 1 aromatic carbocycles. The normalized spacial score (nSPS) is 35.5. The van der Waals surface area contributed by atoms with Crippen LogP contribution >= 0.6 is 0 Å². The van der Waals surface area contributed by atoms with E-state index in [1.54, 1.807) is 0 Å².